The van der Waals surface area contributed by atoms with E-state index < -0.39 is 12.1 Å². The van der Waals surface area contributed by atoms with E-state index in [0.717, 1.165) is 16.5 Å². The van der Waals surface area contributed by atoms with Gasteiger partial charge in [0.05, 0.1) is 17.6 Å². The first kappa shape index (κ1) is 13.5. The largest absolute Gasteiger partial charge is 0.321 e. The van der Waals surface area contributed by atoms with E-state index in [0.29, 0.717) is 12.7 Å². The lowest BCUT2D eigenvalue weighted by atomic mass is 10.1. The topological polar surface area (TPSA) is 91.1 Å². The van der Waals surface area contributed by atoms with Crippen LogP contribution >= 0.6 is 0 Å². The maximum atomic E-state index is 12.1. The van der Waals surface area contributed by atoms with E-state index in [1.54, 1.807) is 13.1 Å². The van der Waals surface area contributed by atoms with Crippen LogP contribution in [0.25, 0.3) is 10.9 Å². The summed E-state index contributed by atoms with van der Waals surface area (Å²) in [5.41, 5.74) is 13.0. The van der Waals surface area contributed by atoms with Gasteiger partial charge in [-0.05, 0) is 25.0 Å². The molecule has 0 saturated heterocycles. The maximum Gasteiger partial charge on any atom is 0.247 e. The summed E-state index contributed by atoms with van der Waals surface area (Å²) in [5.74, 6) is -0.179. The predicted octanol–water partition coefficient (Wildman–Crippen LogP) is 0.697. The number of rotatable bonds is 4. The molecule has 2 atom stereocenters. The molecule has 0 unspecified atom stereocenters. The summed E-state index contributed by atoms with van der Waals surface area (Å²) in [7, 11) is 0. The zero-order valence-electron chi connectivity index (χ0n) is 10.7. The summed E-state index contributed by atoms with van der Waals surface area (Å²) in [6.07, 6.45) is 2.84. The van der Waals surface area contributed by atoms with Gasteiger partial charge < -0.3 is 16.3 Å². The maximum absolute atomic E-state index is 12.1. The molecule has 0 spiro atoms. The molecule has 0 aliphatic heterocycles. The van der Waals surface area contributed by atoms with Gasteiger partial charge in [-0.1, -0.05) is 18.2 Å². The molecule has 2 aromatic rings. The van der Waals surface area contributed by atoms with Crippen LogP contribution in [0.5, 0.6) is 0 Å². The summed E-state index contributed by atoms with van der Waals surface area (Å²) in [6.45, 7) is 1.65. The van der Waals surface area contributed by atoms with Gasteiger partial charge in [0.25, 0.3) is 0 Å². The van der Waals surface area contributed by atoms with Gasteiger partial charge in [-0.3, -0.25) is 9.36 Å². The highest BCUT2D eigenvalue weighted by Crippen LogP contribution is 2.22. The summed E-state index contributed by atoms with van der Waals surface area (Å²) < 4.78 is 1.53. The van der Waals surface area contributed by atoms with Crippen molar-refractivity contribution in [3.05, 3.63) is 36.0 Å². The van der Waals surface area contributed by atoms with Crippen LogP contribution in [-0.4, -0.2) is 28.8 Å². The molecular formula is C14H17N3O2. The van der Waals surface area contributed by atoms with Crippen LogP contribution < -0.4 is 11.5 Å². The molecule has 0 saturated carbocycles. The Labute approximate surface area is 111 Å². The number of hydrogen-bond acceptors (Lipinski definition) is 4. The van der Waals surface area contributed by atoms with Crippen molar-refractivity contribution in [2.24, 2.45) is 11.5 Å². The molecule has 2 rings (SSSR count). The molecule has 0 fully saturated rings. The molecule has 100 valence electrons. The van der Waals surface area contributed by atoms with Gasteiger partial charge in [0, 0.05) is 11.6 Å². The Balaban J connectivity index is 2.54. The molecule has 19 heavy (non-hydrogen) atoms. The average molecular weight is 259 g/mol. The number of nitrogens with zero attached hydrogens (tertiary/aromatic N) is 1. The molecule has 1 heterocycles. The van der Waals surface area contributed by atoms with E-state index in [4.69, 9.17) is 11.5 Å². The second-order valence-electron chi connectivity index (χ2n) is 4.67. The highest BCUT2D eigenvalue weighted by Gasteiger charge is 2.17. The van der Waals surface area contributed by atoms with Crippen LogP contribution in [-0.2, 0) is 11.2 Å². The normalized spacial score (nSPS) is 14.3. The molecule has 0 amide bonds. The van der Waals surface area contributed by atoms with Crippen molar-refractivity contribution in [1.82, 2.24) is 4.57 Å². The third kappa shape index (κ3) is 2.57. The minimum Gasteiger partial charge on any atom is -0.321 e. The van der Waals surface area contributed by atoms with E-state index >= 15 is 0 Å². The van der Waals surface area contributed by atoms with Crippen LogP contribution in [0, 0.1) is 0 Å². The van der Waals surface area contributed by atoms with Crippen LogP contribution in [0.2, 0.25) is 0 Å². The lowest BCUT2D eigenvalue weighted by molar-refractivity contribution is -0.108. The Morgan fingerprint density at radius 1 is 1.37 bits per heavy atom. The van der Waals surface area contributed by atoms with Gasteiger partial charge in [0.1, 0.15) is 6.29 Å². The fourth-order valence-electron chi connectivity index (χ4n) is 2.12. The second kappa shape index (κ2) is 5.34. The van der Waals surface area contributed by atoms with E-state index in [1.807, 2.05) is 24.3 Å². The van der Waals surface area contributed by atoms with Crippen molar-refractivity contribution < 1.29 is 9.59 Å². The van der Waals surface area contributed by atoms with Crippen molar-refractivity contribution in [1.29, 1.82) is 0 Å². The van der Waals surface area contributed by atoms with Crippen LogP contribution in [0.15, 0.2) is 30.5 Å². The Bertz CT molecular complexity index is 616. The predicted molar refractivity (Wildman–Crippen MR) is 74.0 cm³/mol. The fraction of sp³-hybridized carbons (Fsp3) is 0.286. The first-order chi connectivity index (χ1) is 9.04. The smallest absolute Gasteiger partial charge is 0.247 e. The van der Waals surface area contributed by atoms with E-state index in [2.05, 4.69) is 0 Å². The van der Waals surface area contributed by atoms with Crippen molar-refractivity contribution in [2.45, 2.75) is 25.4 Å². The van der Waals surface area contributed by atoms with Gasteiger partial charge in [0.15, 0.2) is 0 Å². The number of hydrogen-bond donors (Lipinski definition) is 2. The number of nitrogens with two attached hydrogens (primary N) is 2. The summed E-state index contributed by atoms with van der Waals surface area (Å²) in [5, 5.41) is 0.925. The fourth-order valence-corrected chi connectivity index (χ4v) is 2.12. The first-order valence-electron chi connectivity index (χ1n) is 6.14. The number of carbonyl (C=O) groups excluding carboxylic acids is 2. The van der Waals surface area contributed by atoms with Gasteiger partial charge >= 0.3 is 0 Å². The van der Waals surface area contributed by atoms with E-state index in [1.165, 1.54) is 4.57 Å². The average Bonchev–Trinajstić information content (AvgIpc) is 2.76. The molecule has 1 aromatic heterocycles. The minimum absolute atomic E-state index is 0.179. The Kier molecular flexibility index (Phi) is 3.78. The molecule has 0 radical (unpaired) electrons. The summed E-state index contributed by atoms with van der Waals surface area (Å²) in [4.78, 5) is 22.7. The van der Waals surface area contributed by atoms with E-state index in [9.17, 15) is 9.59 Å². The van der Waals surface area contributed by atoms with Gasteiger partial charge in [-0.15, -0.1) is 0 Å². The van der Waals surface area contributed by atoms with Crippen molar-refractivity contribution >= 4 is 23.1 Å². The third-order valence-electron chi connectivity index (χ3n) is 3.05. The first-order valence-corrected chi connectivity index (χ1v) is 6.14. The number of aromatic nitrogens is 1. The molecule has 1 aromatic carbocycles. The van der Waals surface area contributed by atoms with Crippen molar-refractivity contribution in [3.8, 4) is 0 Å². The molecule has 4 N–H and O–H groups in total. The number of aldehydes is 1. The number of carbonyl (C=O) groups is 2. The molecule has 5 heteroatoms. The van der Waals surface area contributed by atoms with Crippen LogP contribution in [0.4, 0.5) is 0 Å². The highest BCUT2D eigenvalue weighted by molar-refractivity contribution is 5.96. The molecule has 0 aliphatic carbocycles. The third-order valence-corrected chi connectivity index (χ3v) is 3.05. The van der Waals surface area contributed by atoms with Crippen LogP contribution in [0.3, 0.4) is 0 Å². The highest BCUT2D eigenvalue weighted by atomic mass is 16.2. The zero-order chi connectivity index (χ0) is 14.0. The number of benzene rings is 1. The van der Waals surface area contributed by atoms with Crippen molar-refractivity contribution in [2.75, 3.05) is 0 Å². The quantitative estimate of drug-likeness (QED) is 0.791. The minimum atomic E-state index is -0.580. The molecule has 0 aliphatic rings. The number of fused-ring (bicyclic) bond motifs is 1. The summed E-state index contributed by atoms with van der Waals surface area (Å²) >= 11 is 0. The zero-order valence-corrected chi connectivity index (χ0v) is 10.7. The van der Waals surface area contributed by atoms with E-state index in [-0.39, 0.29) is 5.91 Å². The molecule has 0 bridgehead atoms. The number of para-hydroxylation sites is 1. The van der Waals surface area contributed by atoms with Gasteiger partial charge in [0.2, 0.25) is 5.91 Å². The Morgan fingerprint density at radius 3 is 2.68 bits per heavy atom. The monoisotopic (exact) mass is 259 g/mol. The summed E-state index contributed by atoms with van der Waals surface area (Å²) in [6, 6.07) is 6.36. The van der Waals surface area contributed by atoms with Gasteiger partial charge in [-0.25, -0.2) is 0 Å². The second-order valence-corrected chi connectivity index (χ2v) is 4.67. The lowest BCUT2D eigenvalue weighted by Gasteiger charge is -2.06. The standard InChI is InChI=1S/C14H17N3O2/c1-9(15)14(19)17-7-10(6-11(16)8-18)12-4-2-3-5-13(12)17/h2-5,7-9,11H,6,15-16H2,1H3/t9-,11-/m0/s1. The van der Waals surface area contributed by atoms with Gasteiger partial charge in [-0.2, -0.15) is 0 Å². The molecular weight excluding hydrogens is 242 g/mol. The lowest BCUT2D eigenvalue weighted by Crippen LogP contribution is -2.31. The Hall–Kier alpha value is -1.98. The Morgan fingerprint density at radius 2 is 2.05 bits per heavy atom. The van der Waals surface area contributed by atoms with Crippen molar-refractivity contribution in [3.63, 3.8) is 0 Å². The SMILES string of the molecule is C[C@H](N)C(=O)n1cc(C[C@H](N)C=O)c2ccccc21. The van der Waals surface area contributed by atoms with Crippen LogP contribution in [0.1, 0.15) is 17.3 Å². The molecule has 5 nitrogen and oxygen atoms in total.